The minimum Gasteiger partial charge on any atom is -0.480 e. The average molecular weight is 221 g/mol. The molecular weight excluding hydrogens is 214 g/mol. The molecule has 2 aromatic rings. The molecule has 0 amide bonds. The van der Waals surface area contributed by atoms with E-state index >= 15 is 0 Å². The maximum Gasteiger partial charge on any atom is 0.323 e. The van der Waals surface area contributed by atoms with Crippen LogP contribution in [0.15, 0.2) is 24.5 Å². The molecule has 0 unspecified atom stereocenters. The standard InChI is InChI=1S/C9H7N3O4/c13-8(14)5-11-2-1-6-3-7(12(15)16)4-10-9(6)11/h1-4H,5H2,(H,13,14). The Morgan fingerprint density at radius 2 is 2.38 bits per heavy atom. The lowest BCUT2D eigenvalue weighted by Crippen LogP contribution is -2.07. The molecule has 82 valence electrons. The molecule has 0 fully saturated rings. The first kappa shape index (κ1) is 10.1. The summed E-state index contributed by atoms with van der Waals surface area (Å²) in [6, 6.07) is 2.96. The van der Waals surface area contributed by atoms with Crippen LogP contribution >= 0.6 is 0 Å². The molecule has 7 nitrogen and oxygen atoms in total. The van der Waals surface area contributed by atoms with Crippen molar-refractivity contribution >= 4 is 22.7 Å². The van der Waals surface area contributed by atoms with Gasteiger partial charge in [0.25, 0.3) is 5.69 Å². The number of aromatic nitrogens is 2. The molecule has 7 heteroatoms. The molecule has 0 radical (unpaired) electrons. The molecule has 2 rings (SSSR count). The molecule has 0 spiro atoms. The summed E-state index contributed by atoms with van der Waals surface area (Å²) in [5, 5.41) is 19.7. The van der Waals surface area contributed by atoms with Gasteiger partial charge < -0.3 is 9.67 Å². The number of carboxylic acids is 1. The van der Waals surface area contributed by atoms with Gasteiger partial charge in [-0.05, 0) is 6.07 Å². The maximum atomic E-state index is 10.5. The third-order valence-corrected chi connectivity index (χ3v) is 2.10. The second-order valence-corrected chi connectivity index (χ2v) is 3.20. The van der Waals surface area contributed by atoms with E-state index in [1.54, 1.807) is 6.07 Å². The van der Waals surface area contributed by atoms with E-state index in [-0.39, 0.29) is 12.2 Å². The summed E-state index contributed by atoms with van der Waals surface area (Å²) in [6.07, 6.45) is 2.65. The van der Waals surface area contributed by atoms with E-state index in [1.165, 1.54) is 16.8 Å². The Hall–Kier alpha value is -2.44. The van der Waals surface area contributed by atoms with Gasteiger partial charge in [-0.2, -0.15) is 0 Å². The third kappa shape index (κ3) is 1.70. The number of rotatable bonds is 3. The number of hydrogen-bond acceptors (Lipinski definition) is 4. The van der Waals surface area contributed by atoms with Gasteiger partial charge in [0, 0.05) is 17.6 Å². The molecule has 0 saturated carbocycles. The van der Waals surface area contributed by atoms with Crippen molar-refractivity contribution in [2.75, 3.05) is 0 Å². The largest absolute Gasteiger partial charge is 0.480 e. The summed E-state index contributed by atoms with van der Waals surface area (Å²) < 4.78 is 1.42. The predicted octanol–water partition coefficient (Wildman–Crippen LogP) is 1.03. The van der Waals surface area contributed by atoms with Crippen LogP contribution in [0.3, 0.4) is 0 Å². The lowest BCUT2D eigenvalue weighted by atomic mass is 10.3. The van der Waals surface area contributed by atoms with Gasteiger partial charge in [-0.3, -0.25) is 14.9 Å². The topological polar surface area (TPSA) is 98.3 Å². The highest BCUT2D eigenvalue weighted by Crippen LogP contribution is 2.19. The molecule has 0 aromatic carbocycles. The Morgan fingerprint density at radius 3 is 3.00 bits per heavy atom. The summed E-state index contributed by atoms with van der Waals surface area (Å²) in [7, 11) is 0. The van der Waals surface area contributed by atoms with Crippen molar-refractivity contribution in [3.8, 4) is 0 Å². The second kappa shape index (κ2) is 3.61. The Bertz CT molecular complexity index is 575. The van der Waals surface area contributed by atoms with Gasteiger partial charge >= 0.3 is 5.97 Å². The van der Waals surface area contributed by atoms with Crippen molar-refractivity contribution in [1.82, 2.24) is 9.55 Å². The van der Waals surface area contributed by atoms with Crippen LogP contribution in [0.4, 0.5) is 5.69 Å². The zero-order valence-corrected chi connectivity index (χ0v) is 8.03. The second-order valence-electron chi connectivity index (χ2n) is 3.20. The molecule has 0 bridgehead atoms. The molecule has 2 heterocycles. The van der Waals surface area contributed by atoms with Crippen molar-refractivity contribution in [2.45, 2.75) is 6.54 Å². The van der Waals surface area contributed by atoms with E-state index in [4.69, 9.17) is 5.11 Å². The summed E-state index contributed by atoms with van der Waals surface area (Å²) >= 11 is 0. The van der Waals surface area contributed by atoms with Gasteiger partial charge in [-0.15, -0.1) is 0 Å². The minimum atomic E-state index is -0.988. The Balaban J connectivity index is 2.50. The van der Waals surface area contributed by atoms with E-state index in [2.05, 4.69) is 4.98 Å². The highest BCUT2D eigenvalue weighted by Gasteiger charge is 2.11. The summed E-state index contributed by atoms with van der Waals surface area (Å²) in [5.74, 6) is -0.988. The Morgan fingerprint density at radius 1 is 1.62 bits per heavy atom. The highest BCUT2D eigenvalue weighted by atomic mass is 16.6. The van der Waals surface area contributed by atoms with Gasteiger partial charge in [0.15, 0.2) is 0 Å². The lowest BCUT2D eigenvalue weighted by Gasteiger charge is -1.99. The van der Waals surface area contributed by atoms with Crippen LogP contribution in [0, 0.1) is 10.1 Å². The molecular formula is C9H7N3O4. The quantitative estimate of drug-likeness (QED) is 0.616. The first-order chi connectivity index (χ1) is 7.58. The average Bonchev–Trinajstić information content (AvgIpc) is 2.60. The van der Waals surface area contributed by atoms with Gasteiger partial charge in [0.1, 0.15) is 18.4 Å². The van der Waals surface area contributed by atoms with Crippen LogP contribution in [-0.2, 0) is 11.3 Å². The Labute approximate surface area is 89.1 Å². The van der Waals surface area contributed by atoms with Crippen LogP contribution in [-0.4, -0.2) is 25.6 Å². The van der Waals surface area contributed by atoms with Gasteiger partial charge in [0.2, 0.25) is 0 Å². The van der Waals surface area contributed by atoms with Crippen molar-refractivity contribution < 1.29 is 14.8 Å². The first-order valence-electron chi connectivity index (χ1n) is 4.39. The van der Waals surface area contributed by atoms with Crippen LogP contribution in [0.25, 0.3) is 11.0 Å². The number of aliphatic carboxylic acids is 1. The lowest BCUT2D eigenvalue weighted by molar-refractivity contribution is -0.385. The molecule has 0 aliphatic carbocycles. The fourth-order valence-electron chi connectivity index (χ4n) is 1.44. The van der Waals surface area contributed by atoms with Crippen LogP contribution in [0.5, 0.6) is 0 Å². The van der Waals surface area contributed by atoms with Crippen LogP contribution in [0.1, 0.15) is 0 Å². The number of fused-ring (bicyclic) bond motifs is 1. The van der Waals surface area contributed by atoms with E-state index in [0.29, 0.717) is 11.0 Å². The van der Waals surface area contributed by atoms with Crippen LogP contribution < -0.4 is 0 Å². The van der Waals surface area contributed by atoms with Crippen molar-refractivity contribution in [3.05, 3.63) is 34.6 Å². The molecule has 0 saturated heterocycles. The maximum absolute atomic E-state index is 10.5. The van der Waals surface area contributed by atoms with Gasteiger partial charge in [-0.1, -0.05) is 0 Å². The fraction of sp³-hybridized carbons (Fsp3) is 0.111. The molecule has 0 atom stereocenters. The minimum absolute atomic E-state index is 0.111. The number of carbonyl (C=O) groups is 1. The van der Waals surface area contributed by atoms with Crippen LogP contribution in [0.2, 0.25) is 0 Å². The number of pyridine rings is 1. The summed E-state index contributed by atoms with van der Waals surface area (Å²) in [4.78, 5) is 24.4. The monoisotopic (exact) mass is 221 g/mol. The molecule has 0 aliphatic heterocycles. The molecule has 16 heavy (non-hydrogen) atoms. The van der Waals surface area contributed by atoms with Crippen molar-refractivity contribution in [3.63, 3.8) is 0 Å². The van der Waals surface area contributed by atoms with Gasteiger partial charge in [-0.25, -0.2) is 4.98 Å². The highest BCUT2D eigenvalue weighted by molar-refractivity contribution is 5.80. The zero-order chi connectivity index (χ0) is 11.7. The predicted molar refractivity (Wildman–Crippen MR) is 54.0 cm³/mol. The molecule has 2 aromatic heterocycles. The number of nitro groups is 1. The fourth-order valence-corrected chi connectivity index (χ4v) is 1.44. The Kier molecular flexibility index (Phi) is 2.28. The molecule has 1 N–H and O–H groups in total. The van der Waals surface area contributed by atoms with E-state index in [0.717, 1.165) is 6.20 Å². The van der Waals surface area contributed by atoms with E-state index < -0.39 is 10.9 Å². The zero-order valence-electron chi connectivity index (χ0n) is 8.03. The van der Waals surface area contributed by atoms with Crippen molar-refractivity contribution in [1.29, 1.82) is 0 Å². The normalized spacial score (nSPS) is 10.5. The summed E-state index contributed by atoms with van der Waals surface area (Å²) in [5.41, 5.74) is 0.313. The smallest absolute Gasteiger partial charge is 0.323 e. The first-order valence-corrected chi connectivity index (χ1v) is 4.39. The van der Waals surface area contributed by atoms with Crippen molar-refractivity contribution in [2.24, 2.45) is 0 Å². The van der Waals surface area contributed by atoms with Gasteiger partial charge in [0.05, 0.1) is 4.92 Å². The number of carboxylic acid groups (broad SMARTS) is 1. The third-order valence-electron chi connectivity index (χ3n) is 2.10. The van der Waals surface area contributed by atoms with E-state index in [9.17, 15) is 14.9 Å². The SMILES string of the molecule is O=C(O)Cn1ccc2cc([N+](=O)[O-])cnc21. The molecule has 0 aliphatic rings. The number of hydrogen-bond donors (Lipinski definition) is 1. The van der Waals surface area contributed by atoms with E-state index in [1.807, 2.05) is 0 Å². The summed E-state index contributed by atoms with van der Waals surface area (Å²) in [6.45, 7) is -0.214. The number of nitrogens with zero attached hydrogens (tertiary/aromatic N) is 3.